The molecule has 0 bridgehead atoms. The second-order valence-electron chi connectivity index (χ2n) is 2.77. The predicted octanol–water partition coefficient (Wildman–Crippen LogP) is 2.65. The van der Waals surface area contributed by atoms with Gasteiger partial charge in [-0.2, -0.15) is 0 Å². The molecule has 5 heteroatoms. The van der Waals surface area contributed by atoms with E-state index in [0.717, 1.165) is 4.47 Å². The van der Waals surface area contributed by atoms with Gasteiger partial charge in [-0.1, -0.05) is 33.6 Å². The zero-order chi connectivity index (χ0) is 10.1. The van der Waals surface area contributed by atoms with Crippen molar-refractivity contribution in [2.45, 2.75) is 5.75 Å². The lowest BCUT2D eigenvalue weighted by Crippen LogP contribution is -2.01. The van der Waals surface area contributed by atoms with Crippen LogP contribution in [0.1, 0.15) is 5.56 Å². The van der Waals surface area contributed by atoms with Crippen molar-refractivity contribution in [2.24, 2.45) is 0 Å². The van der Waals surface area contributed by atoms with Gasteiger partial charge in [0, 0.05) is 15.8 Å². The normalized spacial score (nSPS) is 11.6. The van der Waals surface area contributed by atoms with E-state index in [1.807, 2.05) is 0 Å². The molecule has 1 aromatic carbocycles. The van der Waals surface area contributed by atoms with E-state index in [9.17, 15) is 8.42 Å². The van der Waals surface area contributed by atoms with Crippen molar-refractivity contribution < 1.29 is 8.42 Å². The van der Waals surface area contributed by atoms with Gasteiger partial charge in [0.15, 0.2) is 9.84 Å². The molecule has 13 heavy (non-hydrogen) atoms. The summed E-state index contributed by atoms with van der Waals surface area (Å²) in [5.74, 6) is -0.0345. The van der Waals surface area contributed by atoms with Gasteiger partial charge < -0.3 is 0 Å². The number of halogens is 2. The molecule has 0 aliphatic carbocycles. The van der Waals surface area contributed by atoms with Crippen LogP contribution >= 0.6 is 27.5 Å². The average molecular weight is 284 g/mol. The standard InChI is InChI=1S/C8H8BrClO2S/c1-13(11,12)5-6-7(9)3-2-4-8(6)10/h2-4H,5H2,1H3. The molecule has 0 unspecified atom stereocenters. The van der Waals surface area contributed by atoms with Crippen LogP contribution in [0.3, 0.4) is 0 Å². The highest BCUT2D eigenvalue weighted by atomic mass is 79.9. The monoisotopic (exact) mass is 282 g/mol. The molecule has 0 atom stereocenters. The second-order valence-corrected chi connectivity index (χ2v) is 6.17. The van der Waals surface area contributed by atoms with Gasteiger partial charge in [0.05, 0.1) is 5.75 Å². The molecule has 0 fully saturated rings. The summed E-state index contributed by atoms with van der Waals surface area (Å²) in [4.78, 5) is 0. The third kappa shape index (κ3) is 3.29. The van der Waals surface area contributed by atoms with E-state index in [4.69, 9.17) is 11.6 Å². The van der Waals surface area contributed by atoms with Gasteiger partial charge in [-0.3, -0.25) is 0 Å². The van der Waals surface area contributed by atoms with Gasteiger partial charge in [-0.25, -0.2) is 8.42 Å². The molecule has 72 valence electrons. The Kier molecular flexibility index (Phi) is 3.38. The molecule has 0 aliphatic heterocycles. The molecule has 1 rings (SSSR count). The SMILES string of the molecule is CS(=O)(=O)Cc1c(Cl)cccc1Br. The van der Waals surface area contributed by atoms with Gasteiger partial charge in [0.25, 0.3) is 0 Å². The minimum Gasteiger partial charge on any atom is -0.229 e. The Morgan fingerprint density at radius 3 is 2.54 bits per heavy atom. The topological polar surface area (TPSA) is 34.1 Å². The maximum absolute atomic E-state index is 11.0. The van der Waals surface area contributed by atoms with Gasteiger partial charge >= 0.3 is 0 Å². The molecule has 0 radical (unpaired) electrons. The fraction of sp³-hybridized carbons (Fsp3) is 0.250. The van der Waals surface area contributed by atoms with Crippen molar-refractivity contribution >= 4 is 37.4 Å². The quantitative estimate of drug-likeness (QED) is 0.836. The molecule has 0 amide bonds. The minimum atomic E-state index is -3.04. The molecule has 0 saturated carbocycles. The van der Waals surface area contributed by atoms with Crippen molar-refractivity contribution in [1.29, 1.82) is 0 Å². The molecule has 0 heterocycles. The number of hydrogen-bond donors (Lipinski definition) is 0. The van der Waals surface area contributed by atoms with Crippen LogP contribution in [0.15, 0.2) is 22.7 Å². The summed E-state index contributed by atoms with van der Waals surface area (Å²) in [5.41, 5.74) is 0.617. The summed E-state index contributed by atoms with van der Waals surface area (Å²) >= 11 is 9.09. The molecular weight excluding hydrogens is 276 g/mol. The molecule has 0 saturated heterocycles. The van der Waals surface area contributed by atoms with Crippen LogP contribution in [0.5, 0.6) is 0 Å². The van der Waals surface area contributed by atoms with Crippen LogP contribution in [0.4, 0.5) is 0 Å². The third-order valence-corrected chi connectivity index (χ3v) is 3.38. The van der Waals surface area contributed by atoms with Crippen LogP contribution < -0.4 is 0 Å². The lowest BCUT2D eigenvalue weighted by molar-refractivity contribution is 0.601. The summed E-state index contributed by atoms with van der Waals surface area (Å²) in [6, 6.07) is 5.21. The first-order valence-corrected chi connectivity index (χ1v) is 6.74. The molecule has 2 nitrogen and oxygen atoms in total. The highest BCUT2D eigenvalue weighted by Gasteiger charge is 2.10. The molecule has 0 N–H and O–H groups in total. The number of sulfone groups is 1. The van der Waals surface area contributed by atoms with Crippen LogP contribution in [-0.2, 0) is 15.6 Å². The van der Waals surface area contributed by atoms with E-state index in [2.05, 4.69) is 15.9 Å². The molecule has 0 aliphatic rings. The van der Waals surface area contributed by atoms with Gasteiger partial charge in [-0.15, -0.1) is 0 Å². The van der Waals surface area contributed by atoms with Gasteiger partial charge in [0.1, 0.15) is 0 Å². The molecule has 0 spiro atoms. The Morgan fingerprint density at radius 2 is 2.08 bits per heavy atom. The molecule has 0 aromatic heterocycles. The van der Waals surface area contributed by atoms with Crippen LogP contribution in [0, 0.1) is 0 Å². The average Bonchev–Trinajstić information content (AvgIpc) is 1.95. The maximum Gasteiger partial charge on any atom is 0.151 e. The number of benzene rings is 1. The smallest absolute Gasteiger partial charge is 0.151 e. The van der Waals surface area contributed by atoms with Crippen LogP contribution in [-0.4, -0.2) is 14.7 Å². The first kappa shape index (κ1) is 11.0. The summed E-state index contributed by atoms with van der Waals surface area (Å²) in [6.45, 7) is 0. The Balaban J connectivity index is 3.15. The first-order chi connectivity index (χ1) is 5.90. The first-order valence-electron chi connectivity index (χ1n) is 3.51. The van der Waals surface area contributed by atoms with E-state index in [1.54, 1.807) is 18.2 Å². The zero-order valence-corrected chi connectivity index (χ0v) is 10.1. The Bertz CT molecular complexity index is 394. The Hall–Kier alpha value is -0.0600. The van der Waals surface area contributed by atoms with E-state index < -0.39 is 9.84 Å². The summed E-state index contributed by atoms with van der Waals surface area (Å²) in [5, 5.41) is 0.472. The maximum atomic E-state index is 11.0. The second kappa shape index (κ2) is 3.98. The van der Waals surface area contributed by atoms with E-state index in [0.29, 0.717) is 10.6 Å². The summed E-state index contributed by atoms with van der Waals surface area (Å²) in [7, 11) is -3.04. The predicted molar refractivity (Wildman–Crippen MR) is 57.7 cm³/mol. The van der Waals surface area contributed by atoms with Crippen LogP contribution in [0.25, 0.3) is 0 Å². The zero-order valence-electron chi connectivity index (χ0n) is 6.92. The largest absolute Gasteiger partial charge is 0.229 e. The number of hydrogen-bond acceptors (Lipinski definition) is 2. The van der Waals surface area contributed by atoms with Crippen molar-refractivity contribution in [2.75, 3.05) is 6.26 Å². The van der Waals surface area contributed by atoms with Crippen molar-refractivity contribution in [3.63, 3.8) is 0 Å². The highest BCUT2D eigenvalue weighted by molar-refractivity contribution is 9.10. The minimum absolute atomic E-state index is 0.0345. The lowest BCUT2D eigenvalue weighted by Gasteiger charge is -2.04. The van der Waals surface area contributed by atoms with Crippen molar-refractivity contribution in [3.8, 4) is 0 Å². The Labute approximate surface area is 91.0 Å². The van der Waals surface area contributed by atoms with Crippen LogP contribution in [0.2, 0.25) is 5.02 Å². The highest BCUT2D eigenvalue weighted by Crippen LogP contribution is 2.26. The van der Waals surface area contributed by atoms with Crippen molar-refractivity contribution in [1.82, 2.24) is 0 Å². The van der Waals surface area contributed by atoms with Crippen molar-refractivity contribution in [3.05, 3.63) is 33.3 Å². The number of rotatable bonds is 2. The summed E-state index contributed by atoms with van der Waals surface area (Å²) < 4.78 is 22.8. The molecule has 1 aromatic rings. The fourth-order valence-corrected chi connectivity index (χ4v) is 2.89. The summed E-state index contributed by atoms with van der Waals surface area (Å²) in [6.07, 6.45) is 1.18. The Morgan fingerprint density at radius 1 is 1.46 bits per heavy atom. The fourth-order valence-electron chi connectivity index (χ4n) is 0.932. The lowest BCUT2D eigenvalue weighted by atomic mass is 10.2. The van der Waals surface area contributed by atoms with Gasteiger partial charge in [0.2, 0.25) is 0 Å². The van der Waals surface area contributed by atoms with E-state index >= 15 is 0 Å². The van der Waals surface area contributed by atoms with E-state index in [-0.39, 0.29) is 5.75 Å². The van der Waals surface area contributed by atoms with Gasteiger partial charge in [-0.05, 0) is 17.7 Å². The van der Waals surface area contributed by atoms with E-state index in [1.165, 1.54) is 6.26 Å². The third-order valence-electron chi connectivity index (χ3n) is 1.47. The molecular formula is C8H8BrClO2S.